The first kappa shape index (κ1) is 31.7. The van der Waals surface area contributed by atoms with E-state index in [4.69, 9.17) is 9.98 Å². The Hall–Kier alpha value is -3.53. The number of likely N-dealkylation sites (N-methyl/N-ethyl adjacent to an activating group) is 1. The average molecular weight is 539 g/mol. The molecule has 2 heterocycles. The number of hydrogen-bond donors (Lipinski definition) is 2. The third kappa shape index (κ3) is 7.53. The van der Waals surface area contributed by atoms with Crippen LogP contribution >= 0.6 is 0 Å². The van der Waals surface area contributed by atoms with Gasteiger partial charge < -0.3 is 15.2 Å². The number of rotatable bonds is 10. The first-order chi connectivity index (χ1) is 18.9. The van der Waals surface area contributed by atoms with Crippen molar-refractivity contribution in [3.8, 4) is 0 Å². The van der Waals surface area contributed by atoms with Gasteiger partial charge in [0.05, 0.1) is 11.8 Å². The van der Waals surface area contributed by atoms with Crippen molar-refractivity contribution >= 4 is 46.8 Å². The van der Waals surface area contributed by atoms with Crippen molar-refractivity contribution in [2.24, 2.45) is 12.0 Å². The topological polar surface area (TPSA) is 108 Å². The monoisotopic (exact) mass is 538 g/mol. The fraction of sp³-hybridized carbons (Fsp3) is 0.552. The molecule has 2 saturated carbocycles. The number of imidazole rings is 1. The molecule has 0 unspecified atom stereocenters. The van der Waals surface area contributed by atoms with Gasteiger partial charge in [0.2, 0.25) is 0 Å². The Labute approximate surface area is 233 Å². The first-order valence-electron chi connectivity index (χ1n) is 14.2. The number of carbonyl (C=O) groups is 2. The Morgan fingerprint density at radius 1 is 1.18 bits per heavy atom. The van der Waals surface area contributed by atoms with Crippen LogP contribution in [0.5, 0.6) is 0 Å². The number of nitrogens with one attached hydrogen (secondary N) is 2. The van der Waals surface area contributed by atoms with Crippen LogP contribution in [0.2, 0.25) is 0 Å². The van der Waals surface area contributed by atoms with Crippen LogP contribution in [0.4, 0.5) is 11.6 Å². The number of allylic oxidation sites excluding steroid dienone is 2. The predicted molar refractivity (Wildman–Crippen MR) is 161 cm³/mol. The smallest absolute Gasteiger partial charge is 0.267 e. The first-order valence-corrected chi connectivity index (χ1v) is 14.2. The van der Waals surface area contributed by atoms with E-state index in [0.29, 0.717) is 35.0 Å². The molecule has 2 fully saturated rings. The lowest BCUT2D eigenvalue weighted by atomic mass is 10.1. The maximum atomic E-state index is 12.1. The quantitative estimate of drug-likeness (QED) is 0.146. The Balaban J connectivity index is 0.00000127. The van der Waals surface area contributed by atoms with Crippen molar-refractivity contribution in [1.29, 1.82) is 0 Å². The molecule has 1 amide bonds. The minimum absolute atomic E-state index is 0.227. The standard InChI is InChI=1S/C25H34N8O2.2C2H6/c1-6-20(25(35)26-4)28-16(3)29-23-21-22(31(5)15-27-21)19(9-8-14-34)24(30-23)32(7-2)33(17-10-11-17)18-12-13-18;2*1-2/h6,8-9,14-15,17-18H,7,10-13H2,1-5H3,(H,26,35)(H,28,29,30);2*1-2H3/b9-8+,20-6-;;. The number of amides is 1. The Bertz CT molecular complexity index is 1190. The number of aromatic nitrogens is 3. The van der Waals surface area contributed by atoms with Gasteiger partial charge in [0.1, 0.15) is 23.3 Å². The number of hydrazine groups is 1. The zero-order valence-corrected chi connectivity index (χ0v) is 25.1. The lowest BCUT2D eigenvalue weighted by Gasteiger charge is -2.36. The van der Waals surface area contributed by atoms with Crippen LogP contribution in [0.3, 0.4) is 0 Å². The summed E-state index contributed by atoms with van der Waals surface area (Å²) in [6, 6.07) is 1.05. The molecule has 214 valence electrons. The van der Waals surface area contributed by atoms with E-state index in [9.17, 15) is 9.59 Å². The highest BCUT2D eigenvalue weighted by molar-refractivity contribution is 6.01. The van der Waals surface area contributed by atoms with E-state index in [1.54, 1.807) is 33.3 Å². The largest absolute Gasteiger partial charge is 0.354 e. The summed E-state index contributed by atoms with van der Waals surface area (Å²) >= 11 is 0. The molecule has 0 bridgehead atoms. The van der Waals surface area contributed by atoms with Gasteiger partial charge in [-0.1, -0.05) is 33.8 Å². The van der Waals surface area contributed by atoms with Gasteiger partial charge in [0.15, 0.2) is 11.6 Å². The molecular weight excluding hydrogens is 492 g/mol. The SMILES string of the molecule is C/C=C(\N/C(C)=N/c1nc(N(CC)N(C2CC2)C2CC2)c(/C=C/C=O)c2c1ncn2C)C(=O)NC.CC.CC. The molecule has 2 aliphatic carbocycles. The van der Waals surface area contributed by atoms with Crippen molar-refractivity contribution in [3.05, 3.63) is 29.7 Å². The van der Waals surface area contributed by atoms with Crippen LogP contribution in [0, 0.1) is 0 Å². The Morgan fingerprint density at radius 3 is 2.28 bits per heavy atom. The molecule has 2 N–H and O–H groups in total. The molecule has 10 heteroatoms. The van der Waals surface area contributed by atoms with E-state index >= 15 is 0 Å². The van der Waals surface area contributed by atoms with Gasteiger partial charge in [-0.05, 0) is 58.6 Å². The molecule has 0 saturated heterocycles. The van der Waals surface area contributed by atoms with E-state index in [1.165, 1.54) is 31.8 Å². The molecule has 0 aromatic carbocycles. The summed E-state index contributed by atoms with van der Waals surface area (Å²) < 4.78 is 1.93. The molecule has 0 radical (unpaired) electrons. The van der Waals surface area contributed by atoms with Gasteiger partial charge in [0.25, 0.3) is 5.91 Å². The fourth-order valence-corrected chi connectivity index (χ4v) is 4.36. The molecule has 39 heavy (non-hydrogen) atoms. The third-order valence-corrected chi connectivity index (χ3v) is 6.21. The fourth-order valence-electron chi connectivity index (χ4n) is 4.36. The highest BCUT2D eigenvalue weighted by atomic mass is 16.2. The number of amidine groups is 1. The van der Waals surface area contributed by atoms with Gasteiger partial charge in [-0.3, -0.25) is 14.6 Å². The van der Waals surface area contributed by atoms with Crippen LogP contribution in [-0.2, 0) is 16.6 Å². The maximum Gasteiger partial charge on any atom is 0.267 e. The molecule has 2 aromatic rings. The van der Waals surface area contributed by atoms with Crippen LogP contribution in [-0.4, -0.2) is 63.2 Å². The van der Waals surface area contributed by atoms with E-state index in [-0.39, 0.29) is 5.91 Å². The summed E-state index contributed by atoms with van der Waals surface area (Å²) in [6.45, 7) is 14.4. The molecule has 4 rings (SSSR count). The van der Waals surface area contributed by atoms with Crippen molar-refractivity contribution in [1.82, 2.24) is 30.2 Å². The molecule has 0 aliphatic heterocycles. The normalized spacial score (nSPS) is 15.4. The van der Waals surface area contributed by atoms with Crippen molar-refractivity contribution in [2.75, 3.05) is 18.6 Å². The predicted octanol–water partition coefficient (Wildman–Crippen LogP) is 4.89. The minimum Gasteiger partial charge on any atom is -0.354 e. The number of aryl methyl sites for hydroxylation is 1. The van der Waals surface area contributed by atoms with Crippen LogP contribution in [0.25, 0.3) is 17.1 Å². The van der Waals surface area contributed by atoms with Crippen LogP contribution in [0.1, 0.15) is 79.7 Å². The molecule has 10 nitrogen and oxygen atoms in total. The lowest BCUT2D eigenvalue weighted by molar-refractivity contribution is -0.117. The number of aldehydes is 1. The van der Waals surface area contributed by atoms with Gasteiger partial charge in [-0.2, -0.15) is 0 Å². The van der Waals surface area contributed by atoms with Crippen LogP contribution < -0.4 is 15.6 Å². The van der Waals surface area contributed by atoms with E-state index in [0.717, 1.165) is 29.7 Å². The zero-order chi connectivity index (χ0) is 29.1. The highest BCUT2D eigenvalue weighted by Gasteiger charge is 2.43. The lowest BCUT2D eigenvalue weighted by Crippen LogP contribution is -2.46. The summed E-state index contributed by atoms with van der Waals surface area (Å²) in [5.74, 6) is 1.51. The summed E-state index contributed by atoms with van der Waals surface area (Å²) in [4.78, 5) is 37.7. The van der Waals surface area contributed by atoms with Crippen molar-refractivity contribution in [3.63, 3.8) is 0 Å². The zero-order valence-electron chi connectivity index (χ0n) is 25.1. The Kier molecular flexibility index (Phi) is 12.3. The van der Waals surface area contributed by atoms with Crippen LogP contribution in [0.15, 0.2) is 29.2 Å². The van der Waals surface area contributed by atoms with E-state index in [2.05, 4.69) is 32.6 Å². The maximum absolute atomic E-state index is 12.1. The number of aliphatic imine (C=N–C) groups is 1. The highest BCUT2D eigenvalue weighted by Crippen LogP contribution is 2.42. The van der Waals surface area contributed by atoms with Crippen molar-refractivity contribution in [2.45, 2.75) is 86.2 Å². The second-order valence-electron chi connectivity index (χ2n) is 8.88. The number of fused-ring (bicyclic) bond motifs is 1. The minimum atomic E-state index is -0.227. The summed E-state index contributed by atoms with van der Waals surface area (Å²) in [5, 5.41) is 10.4. The van der Waals surface area contributed by atoms with E-state index in [1.807, 2.05) is 45.4 Å². The van der Waals surface area contributed by atoms with E-state index < -0.39 is 0 Å². The number of anilines is 1. The summed E-state index contributed by atoms with van der Waals surface area (Å²) in [7, 11) is 3.51. The van der Waals surface area contributed by atoms with Gasteiger partial charge in [0, 0.05) is 38.3 Å². The molecule has 0 spiro atoms. The molecule has 2 aromatic heterocycles. The molecule has 0 atom stereocenters. The van der Waals surface area contributed by atoms with Crippen molar-refractivity contribution < 1.29 is 9.59 Å². The number of pyridine rings is 1. The number of nitrogens with zero attached hydrogens (tertiary/aromatic N) is 6. The molecular formula is C29H46N8O2. The third-order valence-electron chi connectivity index (χ3n) is 6.21. The average Bonchev–Trinajstić information content (AvgIpc) is 3.91. The summed E-state index contributed by atoms with van der Waals surface area (Å²) in [5.41, 5.74) is 2.72. The second kappa shape index (κ2) is 15.2. The summed E-state index contributed by atoms with van der Waals surface area (Å²) in [6.07, 6.45) is 12.2. The van der Waals surface area contributed by atoms with Gasteiger partial charge in [-0.15, -0.1) is 0 Å². The molecule has 2 aliphatic rings. The number of carbonyl (C=O) groups excluding carboxylic acids is 2. The second-order valence-corrected chi connectivity index (χ2v) is 8.88. The van der Waals surface area contributed by atoms with Gasteiger partial charge in [-0.25, -0.2) is 20.0 Å². The Morgan fingerprint density at radius 2 is 1.79 bits per heavy atom. The van der Waals surface area contributed by atoms with Gasteiger partial charge >= 0.3 is 0 Å². The number of hydrogen-bond acceptors (Lipinski definition) is 7.